The fourth-order valence-corrected chi connectivity index (χ4v) is 3.77. The first-order valence-electron chi connectivity index (χ1n) is 9.03. The highest BCUT2D eigenvalue weighted by molar-refractivity contribution is 6.34. The second-order valence-corrected chi connectivity index (χ2v) is 7.80. The molecule has 1 saturated carbocycles. The van der Waals surface area contributed by atoms with Crippen LogP contribution in [0.1, 0.15) is 36.8 Å². The molecule has 4 nitrogen and oxygen atoms in total. The molecule has 0 unspecified atom stereocenters. The van der Waals surface area contributed by atoms with E-state index in [9.17, 15) is 4.79 Å². The van der Waals surface area contributed by atoms with Gasteiger partial charge in [-0.25, -0.2) is 0 Å². The van der Waals surface area contributed by atoms with Gasteiger partial charge in [-0.05, 0) is 69.2 Å². The number of hydrogen-bond acceptors (Lipinski definition) is 3. The minimum Gasteiger partial charge on any atom is -0.323 e. The van der Waals surface area contributed by atoms with Crippen molar-refractivity contribution < 1.29 is 4.79 Å². The van der Waals surface area contributed by atoms with Crippen molar-refractivity contribution in [1.82, 2.24) is 10.2 Å². The van der Waals surface area contributed by atoms with Gasteiger partial charge >= 0.3 is 0 Å². The summed E-state index contributed by atoms with van der Waals surface area (Å²) in [5.41, 5.74) is 2.86. The number of benzene rings is 1. The molecule has 1 aliphatic heterocycles. The molecule has 3 rings (SSSR count). The van der Waals surface area contributed by atoms with E-state index in [1.165, 1.54) is 19.4 Å². The molecule has 0 radical (unpaired) electrons. The molecule has 1 heterocycles. The van der Waals surface area contributed by atoms with Crippen LogP contribution in [0.5, 0.6) is 0 Å². The van der Waals surface area contributed by atoms with Gasteiger partial charge in [0.25, 0.3) is 0 Å². The van der Waals surface area contributed by atoms with Gasteiger partial charge in [-0.15, -0.1) is 0 Å². The summed E-state index contributed by atoms with van der Waals surface area (Å²) >= 11 is 6.27. The molecule has 1 amide bonds. The van der Waals surface area contributed by atoms with E-state index in [-0.39, 0.29) is 5.91 Å². The summed E-state index contributed by atoms with van der Waals surface area (Å²) in [6.07, 6.45) is 5.05. The predicted octanol–water partition coefficient (Wildman–Crippen LogP) is 3.36. The Morgan fingerprint density at radius 1 is 1.21 bits per heavy atom. The highest BCUT2D eigenvalue weighted by Crippen LogP contribution is 2.28. The van der Waals surface area contributed by atoms with Crippen LogP contribution >= 0.6 is 11.6 Å². The number of amides is 1. The van der Waals surface area contributed by atoms with Crippen LogP contribution in [0, 0.1) is 19.8 Å². The van der Waals surface area contributed by atoms with E-state index >= 15 is 0 Å². The molecule has 2 N–H and O–H groups in total. The van der Waals surface area contributed by atoms with Crippen LogP contribution in [0.3, 0.4) is 0 Å². The lowest BCUT2D eigenvalue weighted by Crippen LogP contribution is -2.45. The van der Waals surface area contributed by atoms with Crippen LogP contribution in [0.4, 0.5) is 5.69 Å². The molecule has 2 fully saturated rings. The Morgan fingerprint density at radius 3 is 2.54 bits per heavy atom. The maximum atomic E-state index is 12.3. The Kier molecular flexibility index (Phi) is 5.80. The molecule has 0 atom stereocenters. The van der Waals surface area contributed by atoms with Gasteiger partial charge in [0.05, 0.1) is 17.3 Å². The van der Waals surface area contributed by atoms with Crippen LogP contribution in [-0.2, 0) is 4.79 Å². The number of nitrogens with zero attached hydrogens (tertiary/aromatic N) is 1. The number of nitrogens with one attached hydrogen (secondary N) is 2. The van der Waals surface area contributed by atoms with E-state index in [2.05, 4.69) is 15.5 Å². The summed E-state index contributed by atoms with van der Waals surface area (Å²) in [7, 11) is 0. The molecule has 0 aromatic heterocycles. The molecule has 24 heavy (non-hydrogen) atoms. The average Bonchev–Trinajstić information content (AvgIpc) is 3.34. The number of halogens is 1. The monoisotopic (exact) mass is 349 g/mol. The van der Waals surface area contributed by atoms with Gasteiger partial charge in [0.1, 0.15) is 0 Å². The number of carbonyl (C=O) groups is 1. The number of likely N-dealkylation sites (tertiary alicyclic amines) is 1. The fraction of sp³-hybridized carbons (Fsp3) is 0.632. The third-order valence-corrected chi connectivity index (χ3v) is 5.34. The Balaban J connectivity index is 1.44. The maximum Gasteiger partial charge on any atom is 0.238 e. The fourth-order valence-electron chi connectivity index (χ4n) is 3.41. The Labute approximate surface area is 149 Å². The lowest BCUT2D eigenvalue weighted by atomic mass is 10.0. The molecule has 1 aromatic rings. The van der Waals surface area contributed by atoms with E-state index in [1.807, 2.05) is 26.0 Å². The van der Waals surface area contributed by atoms with Crippen molar-refractivity contribution in [3.63, 3.8) is 0 Å². The smallest absolute Gasteiger partial charge is 0.238 e. The van der Waals surface area contributed by atoms with Crippen LogP contribution < -0.4 is 10.6 Å². The van der Waals surface area contributed by atoms with Crippen LogP contribution in [-0.4, -0.2) is 43.0 Å². The maximum absolute atomic E-state index is 12.3. The normalized spacial score (nSPS) is 19.5. The Morgan fingerprint density at radius 2 is 1.92 bits per heavy atom. The molecule has 5 heteroatoms. The summed E-state index contributed by atoms with van der Waals surface area (Å²) in [5, 5.41) is 7.27. The summed E-state index contributed by atoms with van der Waals surface area (Å²) in [6.45, 7) is 7.57. The first-order valence-corrected chi connectivity index (χ1v) is 9.41. The van der Waals surface area contributed by atoms with Crippen molar-refractivity contribution in [2.24, 2.45) is 5.92 Å². The molecule has 1 aromatic carbocycles. The first kappa shape index (κ1) is 17.7. The molecule has 0 bridgehead atoms. The van der Waals surface area contributed by atoms with Crippen molar-refractivity contribution in [2.45, 2.75) is 45.6 Å². The SMILES string of the molecule is Cc1cc(C)c(NC(=O)CN2CCC(NCC3CC3)CC2)c(Cl)c1. The Bertz CT molecular complexity index is 569. The number of carbonyl (C=O) groups excluding carboxylic acids is 1. The largest absolute Gasteiger partial charge is 0.323 e. The predicted molar refractivity (Wildman–Crippen MR) is 99.7 cm³/mol. The Hall–Kier alpha value is -1.10. The summed E-state index contributed by atoms with van der Waals surface area (Å²) in [6, 6.07) is 4.55. The summed E-state index contributed by atoms with van der Waals surface area (Å²) in [4.78, 5) is 14.6. The van der Waals surface area contributed by atoms with E-state index < -0.39 is 0 Å². The van der Waals surface area contributed by atoms with E-state index in [4.69, 9.17) is 11.6 Å². The lowest BCUT2D eigenvalue weighted by Gasteiger charge is -2.32. The van der Waals surface area contributed by atoms with Crippen LogP contribution in [0.25, 0.3) is 0 Å². The van der Waals surface area contributed by atoms with Gasteiger partial charge in [0, 0.05) is 19.1 Å². The first-order chi connectivity index (χ1) is 11.5. The third kappa shape index (κ3) is 4.95. The van der Waals surface area contributed by atoms with Gasteiger partial charge in [0.2, 0.25) is 5.91 Å². The number of anilines is 1. The number of aryl methyl sites for hydroxylation is 2. The highest BCUT2D eigenvalue weighted by Gasteiger charge is 2.25. The van der Waals surface area contributed by atoms with Gasteiger partial charge in [-0.3, -0.25) is 9.69 Å². The topological polar surface area (TPSA) is 44.4 Å². The number of piperidine rings is 1. The zero-order chi connectivity index (χ0) is 17.1. The molecule has 2 aliphatic rings. The molecular weight excluding hydrogens is 322 g/mol. The zero-order valence-electron chi connectivity index (χ0n) is 14.7. The zero-order valence-corrected chi connectivity index (χ0v) is 15.5. The van der Waals surface area contributed by atoms with Crippen LogP contribution in [0.15, 0.2) is 12.1 Å². The van der Waals surface area contributed by atoms with Gasteiger partial charge in [-0.1, -0.05) is 17.7 Å². The number of rotatable bonds is 6. The van der Waals surface area contributed by atoms with Gasteiger partial charge in [0.15, 0.2) is 0 Å². The molecule has 1 aliphatic carbocycles. The molecular formula is C19H28ClN3O. The summed E-state index contributed by atoms with van der Waals surface area (Å²) < 4.78 is 0. The molecule has 1 saturated heterocycles. The second kappa shape index (κ2) is 7.85. The van der Waals surface area contributed by atoms with Gasteiger partial charge < -0.3 is 10.6 Å². The molecule has 0 spiro atoms. The minimum absolute atomic E-state index is 0.0215. The number of hydrogen-bond donors (Lipinski definition) is 2. The second-order valence-electron chi connectivity index (χ2n) is 7.39. The summed E-state index contributed by atoms with van der Waals surface area (Å²) in [5.74, 6) is 0.949. The third-order valence-electron chi connectivity index (χ3n) is 5.04. The van der Waals surface area contributed by atoms with E-state index in [0.29, 0.717) is 17.6 Å². The average molecular weight is 350 g/mol. The van der Waals surface area contributed by atoms with Crippen molar-refractivity contribution in [3.8, 4) is 0 Å². The van der Waals surface area contributed by atoms with Crippen LogP contribution in [0.2, 0.25) is 5.02 Å². The standard InChI is InChI=1S/C19H28ClN3O/c1-13-9-14(2)19(17(20)10-13)22-18(24)12-23-7-5-16(6-8-23)21-11-15-3-4-15/h9-10,15-16,21H,3-8,11-12H2,1-2H3,(H,22,24). The van der Waals surface area contributed by atoms with Crippen molar-refractivity contribution in [1.29, 1.82) is 0 Å². The quantitative estimate of drug-likeness (QED) is 0.827. The lowest BCUT2D eigenvalue weighted by molar-refractivity contribution is -0.117. The van der Waals surface area contributed by atoms with Gasteiger partial charge in [-0.2, -0.15) is 0 Å². The molecule has 132 valence electrons. The van der Waals surface area contributed by atoms with E-state index in [1.54, 1.807) is 0 Å². The van der Waals surface area contributed by atoms with Crippen molar-refractivity contribution >= 4 is 23.2 Å². The highest BCUT2D eigenvalue weighted by atomic mass is 35.5. The van der Waals surface area contributed by atoms with Crippen molar-refractivity contribution in [3.05, 3.63) is 28.3 Å². The minimum atomic E-state index is 0.0215. The van der Waals surface area contributed by atoms with E-state index in [0.717, 1.165) is 48.7 Å². The van der Waals surface area contributed by atoms with Crippen molar-refractivity contribution in [2.75, 3.05) is 31.5 Å².